The van der Waals surface area contributed by atoms with Crippen molar-refractivity contribution >= 4 is 0 Å². The Morgan fingerprint density at radius 3 is 2.57 bits per heavy atom. The topological polar surface area (TPSA) is 74.2 Å². The van der Waals surface area contributed by atoms with Crippen LogP contribution in [0.1, 0.15) is 38.6 Å². The Kier molecular flexibility index (Phi) is 3.23. The van der Waals surface area contributed by atoms with E-state index in [4.69, 9.17) is 14.9 Å². The summed E-state index contributed by atoms with van der Waals surface area (Å²) in [5.41, 5.74) is 5.86. The lowest BCUT2D eigenvalue weighted by Crippen LogP contribution is -2.26. The van der Waals surface area contributed by atoms with Crippen LogP contribution in [0.3, 0.4) is 0 Å². The minimum absolute atomic E-state index is 0.0864. The smallest absolute Gasteiger partial charge is 0.242 e. The number of nitrogens with zero attached hydrogens (tertiary/aromatic N) is 2. The van der Waals surface area contributed by atoms with Crippen molar-refractivity contribution in [2.24, 2.45) is 11.1 Å². The van der Waals surface area contributed by atoms with E-state index < -0.39 is 0 Å². The second-order valence-electron chi connectivity index (χ2n) is 4.31. The second-order valence-corrected chi connectivity index (χ2v) is 4.31. The van der Waals surface area contributed by atoms with Gasteiger partial charge in [-0.2, -0.15) is 0 Å². The lowest BCUT2D eigenvalue weighted by molar-refractivity contribution is 0.154. The van der Waals surface area contributed by atoms with Crippen LogP contribution in [-0.2, 0) is 11.3 Å². The van der Waals surface area contributed by atoms with Crippen LogP contribution in [0, 0.1) is 5.41 Å². The van der Waals surface area contributed by atoms with Gasteiger partial charge in [-0.05, 0) is 5.41 Å². The fraction of sp³-hybridized carbons (Fsp3) is 0.778. The number of aromatic nitrogens is 2. The molecular weight excluding hydrogens is 182 g/mol. The van der Waals surface area contributed by atoms with Gasteiger partial charge in [-0.1, -0.05) is 20.8 Å². The molecule has 5 nitrogen and oxygen atoms in total. The summed E-state index contributed by atoms with van der Waals surface area (Å²) < 4.78 is 10.2. The SMILES string of the molecule is COCc1nnc([C@@H](N)C(C)(C)C)o1. The number of ether oxygens (including phenoxy) is 1. The van der Waals surface area contributed by atoms with Crippen LogP contribution in [0.5, 0.6) is 0 Å². The lowest BCUT2D eigenvalue weighted by atomic mass is 9.87. The van der Waals surface area contributed by atoms with Crippen LogP contribution in [0.15, 0.2) is 4.42 Å². The molecule has 1 aromatic rings. The molecule has 0 aliphatic carbocycles. The highest BCUT2D eigenvalue weighted by molar-refractivity contribution is 4.93. The van der Waals surface area contributed by atoms with Gasteiger partial charge in [0.15, 0.2) is 0 Å². The predicted octanol–water partition coefficient (Wildman–Crippen LogP) is 1.26. The largest absolute Gasteiger partial charge is 0.421 e. The van der Waals surface area contributed by atoms with E-state index in [1.165, 1.54) is 0 Å². The fourth-order valence-corrected chi connectivity index (χ4v) is 0.944. The van der Waals surface area contributed by atoms with E-state index in [0.717, 1.165) is 0 Å². The van der Waals surface area contributed by atoms with Gasteiger partial charge in [0.2, 0.25) is 11.8 Å². The summed E-state index contributed by atoms with van der Waals surface area (Å²) in [5, 5.41) is 7.70. The van der Waals surface area contributed by atoms with Crippen LogP contribution in [0.25, 0.3) is 0 Å². The van der Waals surface area contributed by atoms with Gasteiger partial charge in [0.25, 0.3) is 0 Å². The van der Waals surface area contributed by atoms with Crippen LogP contribution in [0.2, 0.25) is 0 Å². The maximum atomic E-state index is 5.94. The molecule has 0 spiro atoms. The average Bonchev–Trinajstić information content (AvgIpc) is 2.50. The molecule has 0 fully saturated rings. The molecule has 0 saturated carbocycles. The normalized spacial score (nSPS) is 14.4. The van der Waals surface area contributed by atoms with Crippen molar-refractivity contribution in [2.75, 3.05) is 7.11 Å². The minimum atomic E-state index is -0.249. The highest BCUT2D eigenvalue weighted by Crippen LogP contribution is 2.29. The monoisotopic (exact) mass is 199 g/mol. The summed E-state index contributed by atoms with van der Waals surface area (Å²) in [4.78, 5) is 0. The Balaban J connectivity index is 2.76. The third-order valence-corrected chi connectivity index (χ3v) is 1.95. The van der Waals surface area contributed by atoms with E-state index in [-0.39, 0.29) is 11.5 Å². The zero-order chi connectivity index (χ0) is 10.8. The highest BCUT2D eigenvalue weighted by Gasteiger charge is 2.27. The molecule has 0 aromatic carbocycles. The van der Waals surface area contributed by atoms with Crippen LogP contribution in [-0.4, -0.2) is 17.3 Å². The molecule has 2 N–H and O–H groups in total. The van der Waals surface area contributed by atoms with Crippen molar-refractivity contribution < 1.29 is 9.15 Å². The first kappa shape index (κ1) is 11.1. The molecule has 1 rings (SSSR count). The van der Waals surface area contributed by atoms with Gasteiger partial charge in [-0.3, -0.25) is 0 Å². The number of methoxy groups -OCH3 is 1. The molecule has 1 atom stereocenters. The van der Waals surface area contributed by atoms with Crippen molar-refractivity contribution in [3.05, 3.63) is 11.8 Å². The molecule has 0 aliphatic heterocycles. The first-order chi connectivity index (χ1) is 6.45. The average molecular weight is 199 g/mol. The van der Waals surface area contributed by atoms with Crippen molar-refractivity contribution in [1.82, 2.24) is 10.2 Å². The standard InChI is InChI=1S/C9H17N3O2/c1-9(2,3)7(10)8-12-11-6(14-8)5-13-4/h7H,5,10H2,1-4H3/t7-/m1/s1. The van der Waals surface area contributed by atoms with Crippen LogP contribution in [0.4, 0.5) is 0 Å². The molecule has 14 heavy (non-hydrogen) atoms. The summed E-state index contributed by atoms with van der Waals surface area (Å²) in [7, 11) is 1.58. The molecule has 0 amide bonds. The van der Waals surface area contributed by atoms with E-state index >= 15 is 0 Å². The molecule has 1 heterocycles. The van der Waals surface area contributed by atoms with E-state index in [1.807, 2.05) is 20.8 Å². The van der Waals surface area contributed by atoms with Crippen molar-refractivity contribution in [2.45, 2.75) is 33.4 Å². The maximum absolute atomic E-state index is 5.94. The van der Waals surface area contributed by atoms with Crippen molar-refractivity contribution in [1.29, 1.82) is 0 Å². The quantitative estimate of drug-likeness (QED) is 0.793. The summed E-state index contributed by atoms with van der Waals surface area (Å²) in [5.74, 6) is 0.923. The first-order valence-corrected chi connectivity index (χ1v) is 4.52. The molecule has 0 saturated heterocycles. The summed E-state index contributed by atoms with van der Waals surface area (Å²) in [6, 6.07) is -0.249. The highest BCUT2D eigenvalue weighted by atomic mass is 16.5. The summed E-state index contributed by atoms with van der Waals surface area (Å²) in [6.45, 7) is 6.40. The minimum Gasteiger partial charge on any atom is -0.421 e. The summed E-state index contributed by atoms with van der Waals surface area (Å²) in [6.07, 6.45) is 0. The van der Waals surface area contributed by atoms with E-state index in [1.54, 1.807) is 7.11 Å². The Morgan fingerprint density at radius 2 is 2.07 bits per heavy atom. The van der Waals surface area contributed by atoms with E-state index in [0.29, 0.717) is 18.4 Å². The molecule has 5 heteroatoms. The lowest BCUT2D eigenvalue weighted by Gasteiger charge is -2.23. The molecule has 80 valence electrons. The fourth-order valence-electron chi connectivity index (χ4n) is 0.944. The number of hydrogen-bond donors (Lipinski definition) is 1. The zero-order valence-electron chi connectivity index (χ0n) is 9.07. The van der Waals surface area contributed by atoms with Gasteiger partial charge in [-0.25, -0.2) is 0 Å². The molecular formula is C9H17N3O2. The Bertz CT molecular complexity index is 290. The Labute approximate surface area is 83.6 Å². The van der Waals surface area contributed by atoms with Gasteiger partial charge in [-0.15, -0.1) is 10.2 Å². The number of rotatable bonds is 3. The summed E-state index contributed by atoms with van der Waals surface area (Å²) >= 11 is 0. The van der Waals surface area contributed by atoms with Crippen LogP contribution < -0.4 is 5.73 Å². The third-order valence-electron chi connectivity index (χ3n) is 1.95. The van der Waals surface area contributed by atoms with E-state index in [9.17, 15) is 0 Å². The molecule has 0 aliphatic rings. The van der Waals surface area contributed by atoms with Gasteiger partial charge in [0, 0.05) is 7.11 Å². The zero-order valence-corrected chi connectivity index (χ0v) is 9.07. The molecule has 0 unspecified atom stereocenters. The predicted molar refractivity (Wildman–Crippen MR) is 51.4 cm³/mol. The van der Waals surface area contributed by atoms with Crippen LogP contribution >= 0.6 is 0 Å². The number of nitrogens with two attached hydrogens (primary N) is 1. The molecule has 1 aromatic heterocycles. The van der Waals surface area contributed by atoms with Gasteiger partial charge < -0.3 is 14.9 Å². The van der Waals surface area contributed by atoms with E-state index in [2.05, 4.69) is 10.2 Å². The third kappa shape index (κ3) is 2.52. The second kappa shape index (κ2) is 4.06. The molecule has 0 bridgehead atoms. The van der Waals surface area contributed by atoms with Gasteiger partial charge in [0.1, 0.15) is 6.61 Å². The Hall–Kier alpha value is -0.940. The van der Waals surface area contributed by atoms with Crippen molar-refractivity contribution in [3.63, 3.8) is 0 Å². The van der Waals surface area contributed by atoms with Crippen molar-refractivity contribution in [3.8, 4) is 0 Å². The van der Waals surface area contributed by atoms with Gasteiger partial charge >= 0.3 is 0 Å². The van der Waals surface area contributed by atoms with Gasteiger partial charge in [0.05, 0.1) is 6.04 Å². The maximum Gasteiger partial charge on any atom is 0.242 e. The first-order valence-electron chi connectivity index (χ1n) is 4.52. The molecule has 0 radical (unpaired) electrons. The number of hydrogen-bond acceptors (Lipinski definition) is 5. The Morgan fingerprint density at radius 1 is 1.43 bits per heavy atom.